The van der Waals surface area contributed by atoms with Gasteiger partial charge >= 0.3 is 0 Å². The maximum absolute atomic E-state index is 10.3. The Hall–Kier alpha value is -2.19. The van der Waals surface area contributed by atoms with Crippen LogP contribution >= 0.6 is 0 Å². The Morgan fingerprint density at radius 2 is 2.12 bits per heavy atom. The number of aryl methyl sites for hydroxylation is 1. The van der Waals surface area contributed by atoms with E-state index in [1.807, 2.05) is 29.7 Å². The third kappa shape index (κ3) is 3.07. The summed E-state index contributed by atoms with van der Waals surface area (Å²) >= 11 is 0. The van der Waals surface area contributed by atoms with Gasteiger partial charge < -0.3 is 20.6 Å². The van der Waals surface area contributed by atoms with Crippen LogP contribution in [0.1, 0.15) is 35.2 Å². The summed E-state index contributed by atoms with van der Waals surface area (Å²) in [7, 11) is 3.89. The van der Waals surface area contributed by atoms with Crippen LogP contribution < -0.4 is 10.6 Å². The second kappa shape index (κ2) is 6.27. The molecule has 0 unspecified atom stereocenters. The van der Waals surface area contributed by atoms with Crippen molar-refractivity contribution in [2.45, 2.75) is 38.5 Å². The molecule has 1 aliphatic heterocycles. The van der Waals surface area contributed by atoms with E-state index in [1.54, 1.807) is 0 Å². The largest absolute Gasteiger partial charge is 0.385 e. The van der Waals surface area contributed by atoms with E-state index in [-0.39, 0.29) is 0 Å². The molecule has 25 heavy (non-hydrogen) atoms. The molecule has 2 aromatic rings. The lowest BCUT2D eigenvalue weighted by atomic mass is 10.2. The maximum atomic E-state index is 10.3. The van der Waals surface area contributed by atoms with E-state index >= 15 is 0 Å². The molecule has 2 aliphatic rings. The molecule has 1 atom stereocenters. The van der Waals surface area contributed by atoms with Gasteiger partial charge in [0.15, 0.2) is 0 Å². The Labute approximate surface area is 147 Å². The number of fused-ring (bicyclic) bond motifs is 2. The molecule has 1 aliphatic carbocycles. The van der Waals surface area contributed by atoms with Crippen molar-refractivity contribution >= 4 is 11.8 Å². The van der Waals surface area contributed by atoms with E-state index in [9.17, 15) is 5.11 Å². The number of nitrogens with two attached hydrogens (primary N) is 1. The third-order valence-corrected chi connectivity index (χ3v) is 4.92. The molecule has 3 heterocycles. The number of aromatic nitrogens is 4. The van der Waals surface area contributed by atoms with E-state index in [0.717, 1.165) is 61.8 Å². The van der Waals surface area contributed by atoms with Crippen LogP contribution in [0.25, 0.3) is 0 Å². The van der Waals surface area contributed by atoms with Gasteiger partial charge in [0, 0.05) is 18.7 Å². The van der Waals surface area contributed by atoms with Crippen molar-refractivity contribution < 1.29 is 5.11 Å². The molecule has 8 nitrogen and oxygen atoms in total. The molecule has 0 saturated carbocycles. The zero-order valence-electron chi connectivity index (χ0n) is 14.8. The van der Waals surface area contributed by atoms with Crippen LogP contribution in [0.4, 0.5) is 11.8 Å². The van der Waals surface area contributed by atoms with E-state index in [1.165, 1.54) is 5.56 Å². The van der Waals surface area contributed by atoms with Crippen LogP contribution in [-0.2, 0) is 25.9 Å². The minimum Gasteiger partial charge on any atom is -0.385 e. The topological polar surface area (TPSA) is 96.3 Å². The van der Waals surface area contributed by atoms with Crippen molar-refractivity contribution in [1.29, 1.82) is 0 Å². The first kappa shape index (κ1) is 16.3. The molecule has 4 rings (SSSR count). The molecule has 0 spiro atoms. The molecule has 134 valence electrons. The van der Waals surface area contributed by atoms with Crippen LogP contribution in [0.2, 0.25) is 0 Å². The van der Waals surface area contributed by atoms with Crippen LogP contribution in [0.5, 0.6) is 0 Å². The number of hydrogen-bond acceptors (Lipinski definition) is 7. The quantitative estimate of drug-likeness (QED) is 0.827. The number of hydrogen-bond donors (Lipinski definition) is 2. The summed E-state index contributed by atoms with van der Waals surface area (Å²) in [5.41, 5.74) is 10.1. The molecule has 0 saturated heterocycles. The van der Waals surface area contributed by atoms with Crippen LogP contribution in [-0.4, -0.2) is 56.9 Å². The van der Waals surface area contributed by atoms with Crippen molar-refractivity contribution in [3.05, 3.63) is 28.7 Å². The lowest BCUT2D eigenvalue weighted by molar-refractivity contribution is 0.133. The van der Waals surface area contributed by atoms with Gasteiger partial charge in [-0.25, -0.2) is 4.98 Å². The summed E-state index contributed by atoms with van der Waals surface area (Å²) in [5.74, 6) is 1.33. The minimum atomic E-state index is -0.569. The molecular weight excluding hydrogens is 318 g/mol. The highest BCUT2D eigenvalue weighted by Gasteiger charge is 2.27. The summed E-state index contributed by atoms with van der Waals surface area (Å²) in [6, 6.07) is 2.01. The summed E-state index contributed by atoms with van der Waals surface area (Å²) in [4.78, 5) is 13.1. The Bertz CT molecular complexity index is 786. The number of anilines is 2. The molecule has 0 radical (unpaired) electrons. The average molecular weight is 343 g/mol. The first-order valence-corrected chi connectivity index (χ1v) is 8.81. The lowest BCUT2D eigenvalue weighted by Gasteiger charge is -2.30. The Balaban J connectivity index is 1.59. The van der Waals surface area contributed by atoms with Crippen LogP contribution in [0, 0.1) is 0 Å². The van der Waals surface area contributed by atoms with Gasteiger partial charge in [0.25, 0.3) is 0 Å². The predicted octanol–water partition coefficient (Wildman–Crippen LogP) is 0.359. The summed E-state index contributed by atoms with van der Waals surface area (Å²) in [6.07, 6.45) is 2.56. The van der Waals surface area contributed by atoms with E-state index < -0.39 is 6.10 Å². The normalized spacial score (nSPS) is 17.7. The number of rotatable bonds is 4. The molecule has 0 fully saturated rings. The van der Waals surface area contributed by atoms with Crippen molar-refractivity contribution in [3.8, 4) is 0 Å². The van der Waals surface area contributed by atoms with Crippen molar-refractivity contribution in [3.63, 3.8) is 0 Å². The number of likely N-dealkylation sites (N-methyl/N-ethyl adjacent to an activating group) is 1. The Morgan fingerprint density at radius 1 is 1.28 bits per heavy atom. The predicted molar refractivity (Wildman–Crippen MR) is 95.3 cm³/mol. The second-order valence-corrected chi connectivity index (χ2v) is 7.17. The average Bonchev–Trinajstić information content (AvgIpc) is 3.18. The fourth-order valence-electron chi connectivity index (χ4n) is 3.76. The van der Waals surface area contributed by atoms with Gasteiger partial charge in [0.2, 0.25) is 5.95 Å². The highest BCUT2D eigenvalue weighted by atomic mass is 16.3. The van der Waals surface area contributed by atoms with Crippen LogP contribution in [0.15, 0.2) is 6.07 Å². The maximum Gasteiger partial charge on any atom is 0.222 e. The molecule has 2 aromatic heterocycles. The van der Waals surface area contributed by atoms with E-state index in [4.69, 9.17) is 5.73 Å². The molecule has 0 amide bonds. The van der Waals surface area contributed by atoms with E-state index in [2.05, 4.69) is 20.0 Å². The van der Waals surface area contributed by atoms with Crippen LogP contribution in [0.3, 0.4) is 0 Å². The van der Waals surface area contributed by atoms with Gasteiger partial charge in [-0.3, -0.25) is 4.68 Å². The standard InChI is InChI=1S/C17H25N7O/c1-22(2)10-15(25)14-8-11-9-23(6-7-24(11)21-14)16-12-4-3-5-13(12)19-17(18)20-16/h8,15,25H,3-7,9-10H2,1-2H3,(H2,18,19,20)/t15-/m0/s1. The highest BCUT2D eigenvalue weighted by Crippen LogP contribution is 2.31. The number of aliphatic hydroxyl groups excluding tert-OH is 1. The van der Waals surface area contributed by atoms with Gasteiger partial charge in [-0.15, -0.1) is 0 Å². The van der Waals surface area contributed by atoms with Gasteiger partial charge in [-0.2, -0.15) is 10.1 Å². The Kier molecular flexibility index (Phi) is 4.09. The number of nitrogens with zero attached hydrogens (tertiary/aromatic N) is 6. The molecule has 3 N–H and O–H groups in total. The Morgan fingerprint density at radius 3 is 2.92 bits per heavy atom. The summed E-state index contributed by atoms with van der Waals surface area (Å²) in [6.45, 7) is 2.91. The fraction of sp³-hybridized carbons (Fsp3) is 0.588. The number of nitrogen functional groups attached to an aromatic ring is 1. The third-order valence-electron chi connectivity index (χ3n) is 4.92. The monoisotopic (exact) mass is 343 g/mol. The second-order valence-electron chi connectivity index (χ2n) is 7.17. The van der Waals surface area contributed by atoms with Crippen molar-refractivity contribution in [2.24, 2.45) is 0 Å². The van der Waals surface area contributed by atoms with Gasteiger partial charge in [-0.1, -0.05) is 0 Å². The first-order chi connectivity index (χ1) is 12.0. The van der Waals surface area contributed by atoms with Crippen molar-refractivity contribution in [2.75, 3.05) is 37.8 Å². The van der Waals surface area contributed by atoms with Gasteiger partial charge in [0.1, 0.15) is 11.9 Å². The number of aliphatic hydroxyl groups is 1. The van der Waals surface area contributed by atoms with E-state index in [0.29, 0.717) is 12.5 Å². The zero-order valence-corrected chi connectivity index (χ0v) is 14.8. The summed E-state index contributed by atoms with van der Waals surface area (Å²) in [5, 5.41) is 14.9. The molecule has 8 heteroatoms. The SMILES string of the molecule is CN(C)C[C@H](O)c1cc2n(n1)CCN(c1nc(N)nc3c1CCC3)C2. The minimum absolute atomic E-state index is 0.358. The smallest absolute Gasteiger partial charge is 0.222 e. The highest BCUT2D eigenvalue weighted by molar-refractivity contribution is 5.54. The molecular formula is C17H25N7O. The van der Waals surface area contributed by atoms with Gasteiger partial charge in [0.05, 0.1) is 30.2 Å². The summed E-state index contributed by atoms with van der Waals surface area (Å²) < 4.78 is 2.00. The van der Waals surface area contributed by atoms with Crippen molar-refractivity contribution in [1.82, 2.24) is 24.6 Å². The molecule has 0 aromatic carbocycles. The first-order valence-electron chi connectivity index (χ1n) is 8.81. The van der Waals surface area contributed by atoms with Gasteiger partial charge in [-0.05, 0) is 39.4 Å². The zero-order chi connectivity index (χ0) is 17.6. The lowest BCUT2D eigenvalue weighted by Crippen LogP contribution is -2.35. The fourth-order valence-corrected chi connectivity index (χ4v) is 3.76. The molecule has 0 bridgehead atoms.